The number of rotatable bonds is 9. The highest BCUT2D eigenvalue weighted by Gasteiger charge is 2.17. The number of nitrogens with zero attached hydrogens (tertiary/aromatic N) is 1. The molecule has 0 aliphatic rings. The summed E-state index contributed by atoms with van der Waals surface area (Å²) in [4.78, 5) is 11.8. The Morgan fingerprint density at radius 2 is 1.91 bits per heavy atom. The number of amides is 1. The number of benzene rings is 1. The summed E-state index contributed by atoms with van der Waals surface area (Å²) in [6.45, 7) is 4.36. The van der Waals surface area contributed by atoms with Crippen LogP contribution in [0.15, 0.2) is 30.3 Å². The van der Waals surface area contributed by atoms with Crippen LogP contribution >= 0.6 is 0 Å². The normalized spacial score (nSPS) is 12.7. The zero-order valence-corrected chi connectivity index (χ0v) is 14.4. The average Bonchev–Trinajstić information content (AvgIpc) is 2.43. The van der Waals surface area contributed by atoms with Gasteiger partial charge >= 0.3 is 0 Å². The number of nitrogens with one attached hydrogen (secondary N) is 1. The summed E-state index contributed by atoms with van der Waals surface area (Å²) in [6.07, 6.45) is 3.98. The summed E-state index contributed by atoms with van der Waals surface area (Å²) in [5, 5.41) is 2.93. The Kier molecular flexibility index (Phi) is 7.38. The van der Waals surface area contributed by atoms with Crippen molar-refractivity contribution in [2.75, 3.05) is 17.1 Å². The summed E-state index contributed by atoms with van der Waals surface area (Å²) in [5.41, 5.74) is 0.629. The molecule has 1 aromatic carbocycles. The smallest absolute Gasteiger partial charge is 0.232 e. The molecule has 0 aliphatic heterocycles. The molecule has 0 saturated heterocycles. The molecule has 0 bridgehead atoms. The van der Waals surface area contributed by atoms with Crippen molar-refractivity contribution < 1.29 is 13.2 Å². The highest BCUT2D eigenvalue weighted by Crippen LogP contribution is 2.17. The van der Waals surface area contributed by atoms with Crippen molar-refractivity contribution in [2.45, 2.75) is 45.6 Å². The third kappa shape index (κ3) is 6.47. The number of hydrogen-bond acceptors (Lipinski definition) is 3. The highest BCUT2D eigenvalue weighted by atomic mass is 32.2. The van der Waals surface area contributed by atoms with E-state index in [-0.39, 0.29) is 11.9 Å². The molecule has 1 N–H and O–H groups in total. The third-order valence-corrected chi connectivity index (χ3v) is 4.53. The van der Waals surface area contributed by atoms with Gasteiger partial charge in [0.1, 0.15) is 0 Å². The van der Waals surface area contributed by atoms with Crippen molar-refractivity contribution in [2.24, 2.45) is 0 Å². The Labute approximate surface area is 133 Å². The Morgan fingerprint density at radius 3 is 2.45 bits per heavy atom. The minimum atomic E-state index is -3.35. The van der Waals surface area contributed by atoms with E-state index in [1.807, 2.05) is 13.0 Å². The van der Waals surface area contributed by atoms with E-state index in [1.165, 1.54) is 10.6 Å². The van der Waals surface area contributed by atoms with E-state index < -0.39 is 10.0 Å². The zero-order valence-electron chi connectivity index (χ0n) is 13.6. The fraction of sp³-hybridized carbons (Fsp3) is 0.562. The van der Waals surface area contributed by atoms with Crippen molar-refractivity contribution in [3.63, 3.8) is 0 Å². The second-order valence-electron chi connectivity index (χ2n) is 5.53. The van der Waals surface area contributed by atoms with Crippen LogP contribution in [-0.2, 0) is 14.8 Å². The van der Waals surface area contributed by atoms with Crippen molar-refractivity contribution >= 4 is 21.6 Å². The SMILES string of the molecule is CCC[C@@H](C)NC(=O)CCCN(c1ccccc1)S(C)(=O)=O. The van der Waals surface area contributed by atoms with Crippen LogP contribution in [0.4, 0.5) is 5.69 Å². The number of anilines is 1. The average molecular weight is 326 g/mol. The number of para-hydroxylation sites is 1. The predicted octanol–water partition coefficient (Wildman–Crippen LogP) is 2.54. The van der Waals surface area contributed by atoms with Gasteiger partial charge in [-0.25, -0.2) is 8.42 Å². The van der Waals surface area contributed by atoms with Gasteiger partial charge in [-0.2, -0.15) is 0 Å². The molecule has 1 amide bonds. The van der Waals surface area contributed by atoms with Crippen molar-refractivity contribution in [3.05, 3.63) is 30.3 Å². The molecule has 0 unspecified atom stereocenters. The van der Waals surface area contributed by atoms with E-state index in [1.54, 1.807) is 24.3 Å². The molecule has 0 saturated carbocycles. The van der Waals surface area contributed by atoms with Gasteiger partial charge in [-0.3, -0.25) is 9.10 Å². The van der Waals surface area contributed by atoms with Crippen LogP contribution < -0.4 is 9.62 Å². The summed E-state index contributed by atoms with van der Waals surface area (Å²) in [6, 6.07) is 9.11. The summed E-state index contributed by atoms with van der Waals surface area (Å²) in [5.74, 6) is -0.0255. The number of carbonyl (C=O) groups is 1. The maximum atomic E-state index is 11.9. The number of hydrogen-bond donors (Lipinski definition) is 1. The van der Waals surface area contributed by atoms with Gasteiger partial charge in [0.05, 0.1) is 11.9 Å². The Hall–Kier alpha value is -1.56. The monoisotopic (exact) mass is 326 g/mol. The molecule has 0 aromatic heterocycles. The van der Waals surface area contributed by atoms with Gasteiger partial charge in [0.2, 0.25) is 15.9 Å². The zero-order chi connectivity index (χ0) is 16.6. The quantitative estimate of drug-likeness (QED) is 0.758. The van der Waals surface area contributed by atoms with Gasteiger partial charge in [-0.1, -0.05) is 31.5 Å². The first-order valence-corrected chi connectivity index (χ1v) is 9.51. The van der Waals surface area contributed by atoms with Crippen LogP contribution in [0.2, 0.25) is 0 Å². The van der Waals surface area contributed by atoms with Crippen molar-refractivity contribution in [1.29, 1.82) is 0 Å². The van der Waals surface area contributed by atoms with Crippen LogP contribution in [0, 0.1) is 0 Å². The Balaban J connectivity index is 2.54. The van der Waals surface area contributed by atoms with E-state index in [2.05, 4.69) is 12.2 Å². The molecule has 22 heavy (non-hydrogen) atoms. The van der Waals surface area contributed by atoms with Gasteiger partial charge in [0.25, 0.3) is 0 Å². The van der Waals surface area contributed by atoms with Crippen LogP contribution in [-0.4, -0.2) is 33.2 Å². The minimum Gasteiger partial charge on any atom is -0.354 e. The Morgan fingerprint density at radius 1 is 1.27 bits per heavy atom. The molecule has 0 heterocycles. The molecule has 0 aliphatic carbocycles. The van der Waals surface area contributed by atoms with Crippen molar-refractivity contribution in [1.82, 2.24) is 5.32 Å². The lowest BCUT2D eigenvalue weighted by Crippen LogP contribution is -2.34. The van der Waals surface area contributed by atoms with E-state index >= 15 is 0 Å². The van der Waals surface area contributed by atoms with Crippen LogP contribution in [0.25, 0.3) is 0 Å². The highest BCUT2D eigenvalue weighted by molar-refractivity contribution is 7.92. The maximum absolute atomic E-state index is 11.9. The number of sulfonamides is 1. The molecule has 1 atom stereocenters. The maximum Gasteiger partial charge on any atom is 0.232 e. The van der Waals surface area contributed by atoms with Crippen LogP contribution in [0.5, 0.6) is 0 Å². The van der Waals surface area contributed by atoms with Gasteiger partial charge in [-0.05, 0) is 31.9 Å². The van der Waals surface area contributed by atoms with Gasteiger partial charge in [0.15, 0.2) is 0 Å². The van der Waals surface area contributed by atoms with Crippen LogP contribution in [0.1, 0.15) is 39.5 Å². The molecule has 0 radical (unpaired) electrons. The second-order valence-corrected chi connectivity index (χ2v) is 7.44. The molecular formula is C16H26N2O3S. The van der Waals surface area contributed by atoms with Gasteiger partial charge < -0.3 is 5.32 Å². The largest absolute Gasteiger partial charge is 0.354 e. The predicted molar refractivity (Wildman–Crippen MR) is 90.4 cm³/mol. The molecule has 0 fully saturated rings. The second kappa shape index (κ2) is 8.78. The summed E-state index contributed by atoms with van der Waals surface area (Å²) in [7, 11) is -3.35. The number of carbonyl (C=O) groups excluding carboxylic acids is 1. The first-order valence-electron chi connectivity index (χ1n) is 7.66. The Bertz CT molecular complexity index is 558. The van der Waals surface area contributed by atoms with Crippen molar-refractivity contribution in [3.8, 4) is 0 Å². The molecule has 124 valence electrons. The van der Waals surface area contributed by atoms with E-state index in [0.29, 0.717) is 25.1 Å². The van der Waals surface area contributed by atoms with Gasteiger partial charge in [0, 0.05) is 19.0 Å². The molecule has 0 spiro atoms. The van der Waals surface area contributed by atoms with Crippen LogP contribution in [0.3, 0.4) is 0 Å². The van der Waals surface area contributed by atoms with E-state index in [4.69, 9.17) is 0 Å². The van der Waals surface area contributed by atoms with E-state index in [9.17, 15) is 13.2 Å². The lowest BCUT2D eigenvalue weighted by molar-refractivity contribution is -0.121. The fourth-order valence-corrected chi connectivity index (χ4v) is 3.28. The molecule has 6 heteroatoms. The minimum absolute atomic E-state index is 0.0255. The first-order chi connectivity index (χ1) is 10.3. The lowest BCUT2D eigenvalue weighted by atomic mass is 10.2. The molecule has 5 nitrogen and oxygen atoms in total. The fourth-order valence-electron chi connectivity index (χ4n) is 2.32. The third-order valence-electron chi connectivity index (χ3n) is 3.34. The molecular weight excluding hydrogens is 300 g/mol. The molecule has 1 rings (SSSR count). The topological polar surface area (TPSA) is 66.5 Å². The van der Waals surface area contributed by atoms with E-state index in [0.717, 1.165) is 12.8 Å². The lowest BCUT2D eigenvalue weighted by Gasteiger charge is -2.22. The van der Waals surface area contributed by atoms with Gasteiger partial charge in [-0.15, -0.1) is 0 Å². The summed E-state index contributed by atoms with van der Waals surface area (Å²) >= 11 is 0. The summed E-state index contributed by atoms with van der Waals surface area (Å²) < 4.78 is 25.1. The molecule has 1 aromatic rings. The standard InChI is InChI=1S/C16H26N2O3S/c1-4-9-14(2)17-16(19)12-8-13-18(22(3,20)21)15-10-6-5-7-11-15/h5-7,10-11,14H,4,8-9,12-13H2,1-3H3,(H,17,19)/t14-/m1/s1. The first kappa shape index (κ1) is 18.5.